The number of rotatable bonds is 7. The number of nitrogens with zero attached hydrogens (tertiary/aromatic N) is 2. The molecule has 9 heteroatoms. The Morgan fingerprint density at radius 1 is 1.06 bits per heavy atom. The zero-order valence-electron chi connectivity index (χ0n) is 20.8. The van der Waals surface area contributed by atoms with Gasteiger partial charge in [0.05, 0.1) is 18.4 Å². The SMILES string of the molecule is CN1C(=NCCSc2c[nH]c3ccccc23)CCC1c1ccccc1.O=S(=O)(O)NC1CCCCC1. The molecule has 1 unspecified atom stereocenters. The molecule has 0 spiro atoms. The van der Waals surface area contributed by atoms with Gasteiger partial charge in [-0.05, 0) is 30.9 Å². The maximum absolute atomic E-state index is 10.3. The highest BCUT2D eigenvalue weighted by atomic mass is 32.2. The molecule has 5 rings (SSSR count). The Morgan fingerprint density at radius 3 is 2.53 bits per heavy atom. The van der Waals surface area contributed by atoms with E-state index in [2.05, 4.69) is 82.4 Å². The Bertz CT molecular complexity index is 1240. The molecule has 1 saturated heterocycles. The number of aromatic amines is 1. The second-order valence-corrected chi connectivity index (χ2v) is 11.7. The van der Waals surface area contributed by atoms with Gasteiger partial charge in [-0.1, -0.05) is 67.8 Å². The molecule has 2 fully saturated rings. The van der Waals surface area contributed by atoms with E-state index in [0.717, 1.165) is 50.8 Å². The number of hydrogen-bond donors (Lipinski definition) is 3. The molecule has 0 bridgehead atoms. The summed E-state index contributed by atoms with van der Waals surface area (Å²) in [5, 5.41) is 1.31. The fourth-order valence-corrected chi connectivity index (χ4v) is 6.53. The number of H-pyrrole nitrogens is 1. The highest BCUT2D eigenvalue weighted by Crippen LogP contribution is 2.32. The van der Waals surface area contributed by atoms with E-state index in [1.165, 1.54) is 33.6 Å². The molecule has 1 saturated carbocycles. The zero-order valence-corrected chi connectivity index (χ0v) is 22.4. The third-order valence-corrected chi connectivity index (χ3v) is 8.48. The van der Waals surface area contributed by atoms with Gasteiger partial charge in [0, 0.05) is 47.3 Å². The summed E-state index contributed by atoms with van der Waals surface area (Å²) in [4.78, 5) is 11.9. The molecule has 1 aromatic heterocycles. The molecule has 0 amide bonds. The minimum absolute atomic E-state index is 0.0428. The Hall–Kier alpha value is -2.33. The summed E-state index contributed by atoms with van der Waals surface area (Å²) in [6.07, 6.45) is 9.31. The van der Waals surface area contributed by atoms with Gasteiger partial charge in [0.2, 0.25) is 0 Å². The number of benzene rings is 2. The molecule has 1 aliphatic heterocycles. The fraction of sp³-hybridized carbons (Fsp3) is 0.444. The van der Waals surface area contributed by atoms with Crippen LogP contribution in [0.25, 0.3) is 10.9 Å². The monoisotopic (exact) mass is 528 g/mol. The van der Waals surface area contributed by atoms with Crippen LogP contribution in [-0.4, -0.2) is 54.1 Å². The van der Waals surface area contributed by atoms with Gasteiger partial charge in [0.15, 0.2) is 0 Å². The van der Waals surface area contributed by atoms with E-state index in [0.29, 0.717) is 6.04 Å². The molecule has 3 N–H and O–H groups in total. The summed E-state index contributed by atoms with van der Waals surface area (Å²) in [5.74, 6) is 2.25. The first-order chi connectivity index (χ1) is 17.4. The highest BCUT2D eigenvalue weighted by Gasteiger charge is 2.26. The third-order valence-electron chi connectivity index (χ3n) is 6.82. The van der Waals surface area contributed by atoms with Gasteiger partial charge >= 0.3 is 10.3 Å². The van der Waals surface area contributed by atoms with Gasteiger partial charge in [-0.15, -0.1) is 11.8 Å². The topological polar surface area (TPSA) is 97.8 Å². The second kappa shape index (κ2) is 12.8. The summed E-state index contributed by atoms with van der Waals surface area (Å²) in [7, 11) is -1.80. The van der Waals surface area contributed by atoms with Crippen LogP contribution in [0.15, 0.2) is 70.7 Å². The lowest BCUT2D eigenvalue weighted by atomic mass is 9.96. The van der Waals surface area contributed by atoms with Crippen molar-refractivity contribution >= 4 is 38.8 Å². The van der Waals surface area contributed by atoms with Gasteiger partial charge in [-0.25, -0.2) is 0 Å². The van der Waals surface area contributed by atoms with Gasteiger partial charge in [-0.3, -0.25) is 9.55 Å². The van der Waals surface area contributed by atoms with E-state index in [9.17, 15) is 8.42 Å². The van der Waals surface area contributed by atoms with Gasteiger partial charge in [0.25, 0.3) is 0 Å². The molecule has 2 heterocycles. The molecule has 2 aliphatic rings. The lowest BCUT2D eigenvalue weighted by Crippen LogP contribution is -2.35. The smallest absolute Gasteiger partial charge is 0.333 e. The number of amidine groups is 1. The van der Waals surface area contributed by atoms with Crippen molar-refractivity contribution in [2.75, 3.05) is 19.3 Å². The summed E-state index contributed by atoms with van der Waals surface area (Å²) in [6, 6.07) is 19.7. The van der Waals surface area contributed by atoms with E-state index in [-0.39, 0.29) is 6.04 Å². The quantitative estimate of drug-likeness (QED) is 0.203. The van der Waals surface area contributed by atoms with Crippen molar-refractivity contribution in [2.45, 2.75) is 61.9 Å². The molecular weight excluding hydrogens is 492 g/mol. The third kappa shape index (κ3) is 7.59. The van der Waals surface area contributed by atoms with Crippen LogP contribution in [-0.2, 0) is 10.3 Å². The largest absolute Gasteiger partial charge is 0.360 e. The number of aromatic nitrogens is 1. The van der Waals surface area contributed by atoms with Crippen LogP contribution in [0.2, 0.25) is 0 Å². The molecule has 7 nitrogen and oxygen atoms in total. The first kappa shape index (κ1) is 26.7. The number of likely N-dealkylation sites (tertiary alicyclic amines) is 1. The Morgan fingerprint density at radius 2 is 1.78 bits per heavy atom. The van der Waals surface area contributed by atoms with Crippen molar-refractivity contribution < 1.29 is 13.0 Å². The van der Waals surface area contributed by atoms with E-state index >= 15 is 0 Å². The van der Waals surface area contributed by atoms with Gasteiger partial charge in [-0.2, -0.15) is 13.1 Å². The molecule has 194 valence electrons. The Balaban J connectivity index is 0.000000233. The summed E-state index contributed by atoms with van der Waals surface area (Å²) in [5.41, 5.74) is 2.60. The van der Waals surface area contributed by atoms with E-state index in [1.54, 1.807) is 0 Å². The molecule has 36 heavy (non-hydrogen) atoms. The number of fused-ring (bicyclic) bond motifs is 1. The van der Waals surface area contributed by atoms with Crippen molar-refractivity contribution in [1.82, 2.24) is 14.6 Å². The lowest BCUT2D eigenvalue weighted by Gasteiger charge is -2.22. The van der Waals surface area contributed by atoms with Crippen LogP contribution in [0, 0.1) is 0 Å². The molecule has 1 aliphatic carbocycles. The minimum Gasteiger partial charge on any atom is -0.360 e. The average Bonchev–Trinajstić information content (AvgIpc) is 3.46. The van der Waals surface area contributed by atoms with Crippen LogP contribution in [0.3, 0.4) is 0 Å². The molecule has 1 atom stereocenters. The van der Waals surface area contributed by atoms with Crippen LogP contribution in [0.4, 0.5) is 0 Å². The van der Waals surface area contributed by atoms with Crippen molar-refractivity contribution in [2.24, 2.45) is 4.99 Å². The predicted octanol–water partition coefficient (Wildman–Crippen LogP) is 5.84. The maximum Gasteiger partial charge on any atom is 0.333 e. The molecular formula is C27H36N4O3S2. The zero-order chi connectivity index (χ0) is 25.4. The van der Waals surface area contributed by atoms with E-state index < -0.39 is 10.3 Å². The Labute approximate surface area is 218 Å². The predicted molar refractivity (Wildman–Crippen MR) is 149 cm³/mol. The van der Waals surface area contributed by atoms with Crippen molar-refractivity contribution in [1.29, 1.82) is 0 Å². The average molecular weight is 529 g/mol. The van der Waals surface area contributed by atoms with Crippen LogP contribution < -0.4 is 4.72 Å². The molecule has 2 aromatic carbocycles. The molecule has 0 radical (unpaired) electrons. The number of thioether (sulfide) groups is 1. The normalized spacial score (nSPS) is 20.0. The Kier molecular flexibility index (Phi) is 9.47. The van der Waals surface area contributed by atoms with Gasteiger partial charge in [0.1, 0.15) is 0 Å². The van der Waals surface area contributed by atoms with Crippen LogP contribution in [0.1, 0.15) is 56.6 Å². The van der Waals surface area contributed by atoms with E-state index in [4.69, 9.17) is 9.55 Å². The van der Waals surface area contributed by atoms with Crippen molar-refractivity contribution in [3.8, 4) is 0 Å². The first-order valence-corrected chi connectivity index (χ1v) is 15.1. The van der Waals surface area contributed by atoms with Crippen LogP contribution >= 0.6 is 11.8 Å². The minimum atomic E-state index is -3.97. The number of para-hydroxylation sites is 1. The maximum atomic E-state index is 10.3. The summed E-state index contributed by atoms with van der Waals surface area (Å²) < 4.78 is 31.3. The number of nitrogens with one attached hydrogen (secondary N) is 2. The standard InChI is InChI=1S/C21H23N3S.C6H13NO3S/c1-24-19(16-7-3-2-4-8-16)11-12-21(24)22-13-14-25-20-15-23-18-10-6-5-9-17(18)20;8-11(9,10)7-6-4-2-1-3-5-6/h2-10,15,19,23H,11-14H2,1H3;6-7H,1-5H2,(H,8,9,10). The lowest BCUT2D eigenvalue weighted by molar-refractivity contribution is 0.389. The summed E-state index contributed by atoms with van der Waals surface area (Å²) >= 11 is 1.88. The van der Waals surface area contributed by atoms with Crippen LogP contribution in [0.5, 0.6) is 0 Å². The van der Waals surface area contributed by atoms with Crippen molar-refractivity contribution in [3.63, 3.8) is 0 Å². The number of hydrogen-bond acceptors (Lipinski definition) is 4. The van der Waals surface area contributed by atoms with E-state index in [1.807, 2.05) is 11.8 Å². The summed E-state index contributed by atoms with van der Waals surface area (Å²) in [6.45, 7) is 0.866. The molecule has 3 aromatic rings. The number of aliphatic imine (C=N–C) groups is 1. The second-order valence-electron chi connectivity index (χ2n) is 9.35. The van der Waals surface area contributed by atoms with Crippen molar-refractivity contribution in [3.05, 3.63) is 66.4 Å². The van der Waals surface area contributed by atoms with Gasteiger partial charge < -0.3 is 9.88 Å². The fourth-order valence-electron chi connectivity index (χ4n) is 5.00. The highest BCUT2D eigenvalue weighted by molar-refractivity contribution is 7.99. The first-order valence-electron chi connectivity index (χ1n) is 12.7.